The van der Waals surface area contributed by atoms with Gasteiger partial charge in [0.25, 0.3) is 5.91 Å². The van der Waals surface area contributed by atoms with Crippen molar-refractivity contribution in [3.05, 3.63) is 51.4 Å². The number of nitrogens with one attached hydrogen (secondary N) is 1. The molecule has 0 radical (unpaired) electrons. The van der Waals surface area contributed by atoms with Crippen LogP contribution in [0.1, 0.15) is 38.3 Å². The van der Waals surface area contributed by atoms with Crippen LogP contribution in [0, 0.1) is 22.7 Å². The van der Waals surface area contributed by atoms with E-state index in [4.69, 9.17) is 5.26 Å². The second-order valence-electron chi connectivity index (χ2n) is 4.82. The minimum absolute atomic E-state index is 0.288. The number of amides is 1. The Morgan fingerprint density at radius 1 is 1.24 bits per heavy atom. The Morgan fingerprint density at radius 3 is 2.86 bits per heavy atom. The number of hydrogen-bond acceptors (Lipinski definition) is 4. The fourth-order valence-electron chi connectivity index (χ4n) is 2.52. The molecule has 0 aliphatic heterocycles. The molecule has 1 aliphatic carbocycles. The number of anilines is 1. The van der Waals surface area contributed by atoms with Gasteiger partial charge in [-0.15, -0.1) is 11.3 Å². The van der Waals surface area contributed by atoms with Crippen molar-refractivity contribution in [1.82, 2.24) is 0 Å². The number of nitriles is 2. The molecule has 3 rings (SSSR count). The zero-order chi connectivity index (χ0) is 14.8. The van der Waals surface area contributed by atoms with Crippen LogP contribution in [-0.4, -0.2) is 5.91 Å². The van der Waals surface area contributed by atoms with Gasteiger partial charge in [0.15, 0.2) is 0 Å². The number of aryl methyl sites for hydroxylation is 1. The van der Waals surface area contributed by atoms with Crippen molar-refractivity contribution in [2.24, 2.45) is 0 Å². The van der Waals surface area contributed by atoms with E-state index in [-0.39, 0.29) is 5.91 Å². The van der Waals surface area contributed by atoms with Gasteiger partial charge in [-0.05, 0) is 43.0 Å². The lowest BCUT2D eigenvalue weighted by Crippen LogP contribution is -2.12. The number of carbonyl (C=O) groups excluding carboxylic acids is 1. The molecular weight excluding hydrogens is 282 g/mol. The van der Waals surface area contributed by atoms with Crippen LogP contribution in [0.2, 0.25) is 0 Å². The van der Waals surface area contributed by atoms with Gasteiger partial charge in [-0.2, -0.15) is 10.5 Å². The van der Waals surface area contributed by atoms with Crippen molar-refractivity contribution in [2.45, 2.75) is 19.3 Å². The highest BCUT2D eigenvalue weighted by atomic mass is 32.1. The topological polar surface area (TPSA) is 76.7 Å². The van der Waals surface area contributed by atoms with Gasteiger partial charge in [0.05, 0.1) is 17.2 Å². The third-order valence-corrected chi connectivity index (χ3v) is 4.72. The lowest BCUT2D eigenvalue weighted by molar-refractivity contribution is 0.102. The second-order valence-corrected chi connectivity index (χ2v) is 5.93. The van der Waals surface area contributed by atoms with Crippen LogP contribution >= 0.6 is 11.3 Å². The third-order valence-electron chi connectivity index (χ3n) is 3.51. The van der Waals surface area contributed by atoms with E-state index in [0.29, 0.717) is 21.7 Å². The molecule has 0 fully saturated rings. The molecule has 21 heavy (non-hydrogen) atoms. The molecule has 0 atom stereocenters. The fourth-order valence-corrected chi connectivity index (χ4v) is 3.75. The van der Waals surface area contributed by atoms with Crippen LogP contribution in [0.25, 0.3) is 0 Å². The summed E-state index contributed by atoms with van der Waals surface area (Å²) in [5.74, 6) is -0.288. The maximum Gasteiger partial charge on any atom is 0.256 e. The Balaban J connectivity index is 1.89. The first-order valence-electron chi connectivity index (χ1n) is 6.59. The van der Waals surface area contributed by atoms with Crippen LogP contribution in [0.5, 0.6) is 0 Å². The van der Waals surface area contributed by atoms with Gasteiger partial charge in [-0.25, -0.2) is 0 Å². The summed E-state index contributed by atoms with van der Waals surface area (Å²) in [5.41, 5.74) is 2.55. The Morgan fingerprint density at radius 2 is 2.10 bits per heavy atom. The Kier molecular flexibility index (Phi) is 3.43. The number of benzene rings is 1. The zero-order valence-electron chi connectivity index (χ0n) is 11.1. The molecule has 0 saturated carbocycles. The van der Waals surface area contributed by atoms with E-state index < -0.39 is 0 Å². The normalized spacial score (nSPS) is 12.3. The summed E-state index contributed by atoms with van der Waals surface area (Å²) < 4.78 is 0. The fraction of sp³-hybridized carbons (Fsp3) is 0.188. The average molecular weight is 293 g/mol. The molecule has 102 valence electrons. The summed E-state index contributed by atoms with van der Waals surface area (Å²) in [5, 5.41) is 21.6. The summed E-state index contributed by atoms with van der Waals surface area (Å²) in [7, 11) is 0. The number of carbonyl (C=O) groups is 1. The molecule has 1 aromatic heterocycles. The van der Waals surface area contributed by atoms with E-state index in [0.717, 1.165) is 24.8 Å². The van der Waals surface area contributed by atoms with E-state index in [1.807, 2.05) is 6.07 Å². The predicted octanol–water partition coefficient (Wildman–Crippen LogP) is 3.23. The van der Waals surface area contributed by atoms with Gasteiger partial charge >= 0.3 is 0 Å². The largest absolute Gasteiger partial charge is 0.312 e. The highest BCUT2D eigenvalue weighted by molar-refractivity contribution is 7.16. The van der Waals surface area contributed by atoms with E-state index in [1.54, 1.807) is 24.3 Å². The van der Waals surface area contributed by atoms with Gasteiger partial charge in [0.1, 0.15) is 11.1 Å². The summed E-state index contributed by atoms with van der Waals surface area (Å²) in [4.78, 5) is 13.5. The summed E-state index contributed by atoms with van der Waals surface area (Å²) >= 11 is 1.49. The van der Waals surface area contributed by atoms with Gasteiger partial charge in [-0.3, -0.25) is 4.79 Å². The van der Waals surface area contributed by atoms with Gasteiger partial charge in [0.2, 0.25) is 0 Å². The Hall–Kier alpha value is -2.63. The number of fused-ring (bicyclic) bond motifs is 1. The maximum absolute atomic E-state index is 12.3. The minimum Gasteiger partial charge on any atom is -0.312 e. The lowest BCUT2D eigenvalue weighted by atomic mass is 10.1. The SMILES string of the molecule is N#Cc1cccc(C(=O)Nc2sc3c(c2C#N)CCC3)c1. The van der Waals surface area contributed by atoms with Gasteiger partial charge < -0.3 is 5.32 Å². The number of rotatable bonds is 2. The molecule has 0 saturated heterocycles. The van der Waals surface area contributed by atoms with E-state index in [2.05, 4.69) is 11.4 Å². The monoisotopic (exact) mass is 293 g/mol. The summed E-state index contributed by atoms with van der Waals surface area (Å²) in [6, 6.07) is 10.7. The quantitative estimate of drug-likeness (QED) is 0.923. The predicted molar refractivity (Wildman–Crippen MR) is 80.2 cm³/mol. The first kappa shape index (κ1) is 13.4. The highest BCUT2D eigenvalue weighted by Gasteiger charge is 2.23. The molecule has 1 heterocycles. The minimum atomic E-state index is -0.288. The van der Waals surface area contributed by atoms with E-state index >= 15 is 0 Å². The lowest BCUT2D eigenvalue weighted by Gasteiger charge is -2.04. The first-order chi connectivity index (χ1) is 10.2. The standard InChI is InChI=1S/C16H11N3OS/c17-8-10-3-1-4-11(7-10)15(20)19-16-13(9-18)12-5-2-6-14(12)21-16/h1,3-4,7H,2,5-6H2,(H,19,20). The maximum atomic E-state index is 12.3. The highest BCUT2D eigenvalue weighted by Crippen LogP contribution is 2.38. The van der Waals surface area contributed by atoms with E-state index in [9.17, 15) is 10.1 Å². The zero-order valence-corrected chi connectivity index (χ0v) is 12.0. The summed E-state index contributed by atoms with van der Waals surface area (Å²) in [6.45, 7) is 0. The van der Waals surface area contributed by atoms with Crippen molar-refractivity contribution in [3.8, 4) is 12.1 Å². The molecule has 1 aliphatic rings. The van der Waals surface area contributed by atoms with Crippen molar-refractivity contribution in [1.29, 1.82) is 10.5 Å². The van der Waals surface area contributed by atoms with Crippen LogP contribution in [-0.2, 0) is 12.8 Å². The molecule has 1 aromatic carbocycles. The van der Waals surface area contributed by atoms with Crippen LogP contribution in [0.4, 0.5) is 5.00 Å². The molecule has 2 aromatic rings. The Bertz CT molecular complexity index is 808. The molecular formula is C16H11N3OS. The molecule has 5 heteroatoms. The van der Waals surface area contributed by atoms with Crippen molar-refractivity contribution in [3.63, 3.8) is 0 Å². The molecule has 0 bridgehead atoms. The van der Waals surface area contributed by atoms with Crippen molar-refractivity contribution in [2.75, 3.05) is 5.32 Å². The van der Waals surface area contributed by atoms with E-state index in [1.165, 1.54) is 16.2 Å². The van der Waals surface area contributed by atoms with Gasteiger partial charge in [-0.1, -0.05) is 6.07 Å². The van der Waals surface area contributed by atoms with Crippen LogP contribution in [0.15, 0.2) is 24.3 Å². The van der Waals surface area contributed by atoms with Crippen molar-refractivity contribution >= 4 is 22.2 Å². The molecule has 0 spiro atoms. The Labute approximate surface area is 126 Å². The summed E-state index contributed by atoms with van der Waals surface area (Å²) in [6.07, 6.45) is 2.97. The number of thiophene rings is 1. The second kappa shape index (κ2) is 5.40. The number of nitrogens with zero attached hydrogens (tertiary/aromatic N) is 2. The molecule has 0 unspecified atom stereocenters. The molecule has 4 nitrogen and oxygen atoms in total. The average Bonchev–Trinajstić information content (AvgIpc) is 3.07. The third kappa shape index (κ3) is 2.40. The molecule has 1 amide bonds. The smallest absolute Gasteiger partial charge is 0.256 e. The first-order valence-corrected chi connectivity index (χ1v) is 7.40. The van der Waals surface area contributed by atoms with Gasteiger partial charge in [0, 0.05) is 10.4 Å². The van der Waals surface area contributed by atoms with Crippen LogP contribution in [0.3, 0.4) is 0 Å². The van der Waals surface area contributed by atoms with Crippen LogP contribution < -0.4 is 5.32 Å². The molecule has 1 N–H and O–H groups in total. The van der Waals surface area contributed by atoms with Crippen molar-refractivity contribution < 1.29 is 4.79 Å². The number of hydrogen-bond donors (Lipinski definition) is 1.